The molecule has 0 fully saturated rings. The molecule has 0 radical (unpaired) electrons. The fraction of sp³-hybridized carbons (Fsp3) is 0.200. The molecular formula is C10H10ClN3O. The van der Waals surface area contributed by atoms with E-state index in [4.69, 9.17) is 16.1 Å². The van der Waals surface area contributed by atoms with Gasteiger partial charge in [0.15, 0.2) is 0 Å². The van der Waals surface area contributed by atoms with Crippen molar-refractivity contribution in [1.82, 2.24) is 10.1 Å². The molecule has 0 aliphatic carbocycles. The quantitative estimate of drug-likeness (QED) is 0.784. The lowest BCUT2D eigenvalue weighted by Gasteiger charge is -2.11. The highest BCUT2D eigenvalue weighted by molar-refractivity contribution is 6.28. The van der Waals surface area contributed by atoms with Crippen LogP contribution in [0.4, 0.5) is 5.69 Å². The number of rotatable bonds is 2. The van der Waals surface area contributed by atoms with Gasteiger partial charge in [0, 0.05) is 25.3 Å². The molecule has 0 unspecified atom stereocenters. The summed E-state index contributed by atoms with van der Waals surface area (Å²) in [7, 11) is 3.97. The number of benzene rings is 1. The number of halogens is 1. The van der Waals surface area contributed by atoms with E-state index in [1.165, 1.54) is 0 Å². The van der Waals surface area contributed by atoms with Crippen LogP contribution in [0.3, 0.4) is 0 Å². The summed E-state index contributed by atoms with van der Waals surface area (Å²) in [6.45, 7) is 0. The predicted molar refractivity (Wildman–Crippen MR) is 59.1 cm³/mol. The summed E-state index contributed by atoms with van der Waals surface area (Å²) >= 11 is 5.57. The maximum absolute atomic E-state index is 5.57. The summed E-state index contributed by atoms with van der Waals surface area (Å²) < 4.78 is 4.94. The highest BCUT2D eigenvalue weighted by Gasteiger charge is 2.06. The van der Waals surface area contributed by atoms with Crippen LogP contribution in [0.5, 0.6) is 0 Å². The molecule has 0 amide bonds. The summed E-state index contributed by atoms with van der Waals surface area (Å²) in [5, 5.41) is 3.65. The minimum absolute atomic E-state index is 0.127. The van der Waals surface area contributed by atoms with Crippen LogP contribution in [0.25, 0.3) is 11.5 Å². The SMILES string of the molecule is CN(C)c1ccc(-c2nc(Cl)no2)cc1. The minimum atomic E-state index is 0.127. The van der Waals surface area contributed by atoms with Gasteiger partial charge in [-0.3, -0.25) is 0 Å². The van der Waals surface area contributed by atoms with Crippen molar-refractivity contribution in [2.45, 2.75) is 0 Å². The highest BCUT2D eigenvalue weighted by Crippen LogP contribution is 2.21. The van der Waals surface area contributed by atoms with E-state index in [2.05, 4.69) is 10.1 Å². The van der Waals surface area contributed by atoms with E-state index >= 15 is 0 Å². The van der Waals surface area contributed by atoms with Gasteiger partial charge in [-0.1, -0.05) is 0 Å². The number of anilines is 1. The number of aromatic nitrogens is 2. The summed E-state index contributed by atoms with van der Waals surface area (Å²) in [6.07, 6.45) is 0. The molecule has 1 heterocycles. The third-order valence-corrected chi connectivity index (χ3v) is 2.19. The minimum Gasteiger partial charge on any atom is -0.378 e. The fourth-order valence-corrected chi connectivity index (χ4v) is 1.34. The van der Waals surface area contributed by atoms with E-state index < -0.39 is 0 Å². The first-order chi connectivity index (χ1) is 7.16. The van der Waals surface area contributed by atoms with E-state index in [1.54, 1.807) is 0 Å². The van der Waals surface area contributed by atoms with Crippen LogP contribution in [0.1, 0.15) is 0 Å². The molecule has 1 aromatic carbocycles. The molecule has 5 heteroatoms. The molecular weight excluding hydrogens is 214 g/mol. The first-order valence-corrected chi connectivity index (χ1v) is 4.81. The molecule has 0 bridgehead atoms. The average molecular weight is 224 g/mol. The smallest absolute Gasteiger partial charge is 0.264 e. The van der Waals surface area contributed by atoms with Crippen LogP contribution >= 0.6 is 11.6 Å². The van der Waals surface area contributed by atoms with E-state index in [0.29, 0.717) is 5.89 Å². The summed E-state index contributed by atoms with van der Waals surface area (Å²) in [4.78, 5) is 5.95. The van der Waals surface area contributed by atoms with Crippen LogP contribution < -0.4 is 4.90 Å². The Labute approximate surface area is 92.5 Å². The zero-order valence-corrected chi connectivity index (χ0v) is 9.19. The summed E-state index contributed by atoms with van der Waals surface area (Å²) in [5.41, 5.74) is 1.98. The third-order valence-electron chi connectivity index (χ3n) is 2.03. The summed E-state index contributed by atoms with van der Waals surface area (Å²) in [6, 6.07) is 7.79. The highest BCUT2D eigenvalue weighted by atomic mass is 35.5. The standard InChI is InChI=1S/C10H10ClN3O/c1-14(2)8-5-3-7(4-6-8)9-12-10(11)13-15-9/h3-6H,1-2H3. The topological polar surface area (TPSA) is 42.2 Å². The van der Waals surface area contributed by atoms with Gasteiger partial charge >= 0.3 is 0 Å². The zero-order valence-electron chi connectivity index (χ0n) is 8.44. The molecule has 0 aliphatic heterocycles. The Bertz CT molecular complexity index is 450. The molecule has 78 valence electrons. The third kappa shape index (κ3) is 2.10. The number of nitrogens with zero attached hydrogens (tertiary/aromatic N) is 3. The normalized spacial score (nSPS) is 10.3. The average Bonchev–Trinajstić information content (AvgIpc) is 2.65. The Morgan fingerprint density at radius 2 is 1.87 bits per heavy atom. The molecule has 2 rings (SSSR count). The van der Waals surface area contributed by atoms with Gasteiger partial charge < -0.3 is 9.42 Å². The van der Waals surface area contributed by atoms with Crippen LogP contribution in [-0.4, -0.2) is 24.2 Å². The Kier molecular flexibility index (Phi) is 2.60. The monoisotopic (exact) mass is 223 g/mol. The Morgan fingerprint density at radius 1 is 1.20 bits per heavy atom. The molecule has 0 atom stereocenters. The van der Waals surface area contributed by atoms with Crippen molar-refractivity contribution in [3.05, 3.63) is 29.5 Å². The van der Waals surface area contributed by atoms with Crippen LogP contribution in [0, 0.1) is 0 Å². The van der Waals surface area contributed by atoms with Crippen molar-refractivity contribution in [2.75, 3.05) is 19.0 Å². The molecule has 0 saturated carbocycles. The molecule has 0 aliphatic rings. The Morgan fingerprint density at radius 3 is 2.33 bits per heavy atom. The van der Waals surface area contributed by atoms with Gasteiger partial charge in [0.1, 0.15) is 0 Å². The fourth-order valence-electron chi connectivity index (χ4n) is 1.22. The van der Waals surface area contributed by atoms with E-state index in [0.717, 1.165) is 11.3 Å². The maximum atomic E-state index is 5.57. The Hall–Kier alpha value is -1.55. The lowest BCUT2D eigenvalue weighted by atomic mass is 10.2. The number of hydrogen-bond donors (Lipinski definition) is 0. The van der Waals surface area contributed by atoms with Crippen molar-refractivity contribution < 1.29 is 4.52 Å². The second kappa shape index (κ2) is 3.90. The lowest BCUT2D eigenvalue weighted by molar-refractivity contribution is 0.430. The van der Waals surface area contributed by atoms with Crippen molar-refractivity contribution in [2.24, 2.45) is 0 Å². The maximum Gasteiger partial charge on any atom is 0.264 e. The van der Waals surface area contributed by atoms with Crippen molar-refractivity contribution in [3.63, 3.8) is 0 Å². The van der Waals surface area contributed by atoms with Gasteiger partial charge in [-0.15, -0.1) is 0 Å². The van der Waals surface area contributed by atoms with Gasteiger partial charge in [0.2, 0.25) is 0 Å². The van der Waals surface area contributed by atoms with Gasteiger partial charge in [0.25, 0.3) is 11.2 Å². The van der Waals surface area contributed by atoms with Gasteiger partial charge in [-0.25, -0.2) is 0 Å². The predicted octanol–water partition coefficient (Wildman–Crippen LogP) is 2.46. The van der Waals surface area contributed by atoms with Crippen LogP contribution in [0.15, 0.2) is 28.8 Å². The second-order valence-corrected chi connectivity index (χ2v) is 3.65. The van der Waals surface area contributed by atoms with Gasteiger partial charge in [0.05, 0.1) is 0 Å². The van der Waals surface area contributed by atoms with Gasteiger partial charge in [-0.2, -0.15) is 4.98 Å². The molecule has 0 N–H and O–H groups in total. The first-order valence-electron chi connectivity index (χ1n) is 4.44. The van der Waals surface area contributed by atoms with E-state index in [9.17, 15) is 0 Å². The molecule has 0 saturated heterocycles. The van der Waals surface area contributed by atoms with Crippen molar-refractivity contribution >= 4 is 17.3 Å². The first kappa shape index (κ1) is 9.98. The number of hydrogen-bond acceptors (Lipinski definition) is 4. The van der Waals surface area contributed by atoms with E-state index in [-0.39, 0.29) is 5.28 Å². The van der Waals surface area contributed by atoms with Crippen LogP contribution in [-0.2, 0) is 0 Å². The van der Waals surface area contributed by atoms with Crippen LogP contribution in [0.2, 0.25) is 5.28 Å². The van der Waals surface area contributed by atoms with Crippen molar-refractivity contribution in [3.8, 4) is 11.5 Å². The van der Waals surface area contributed by atoms with Gasteiger partial charge in [-0.05, 0) is 41.0 Å². The molecule has 4 nitrogen and oxygen atoms in total. The molecule has 1 aromatic heterocycles. The van der Waals surface area contributed by atoms with Crippen molar-refractivity contribution in [1.29, 1.82) is 0 Å². The summed E-state index contributed by atoms with van der Waals surface area (Å²) in [5.74, 6) is 0.435. The second-order valence-electron chi connectivity index (χ2n) is 3.31. The largest absolute Gasteiger partial charge is 0.378 e. The Balaban J connectivity index is 2.31. The molecule has 15 heavy (non-hydrogen) atoms. The zero-order chi connectivity index (χ0) is 10.8. The molecule has 2 aromatic rings. The lowest BCUT2D eigenvalue weighted by Crippen LogP contribution is -2.07. The van der Waals surface area contributed by atoms with E-state index in [1.807, 2.05) is 43.3 Å². The molecule has 0 spiro atoms.